The van der Waals surface area contributed by atoms with Gasteiger partial charge in [0.25, 0.3) is 5.91 Å². The van der Waals surface area contributed by atoms with Gasteiger partial charge in [0.2, 0.25) is 11.8 Å². The molecule has 1 heterocycles. The van der Waals surface area contributed by atoms with Crippen molar-refractivity contribution in [3.8, 4) is 5.75 Å². The molecular weight excluding hydrogens is 454 g/mol. The first-order valence-corrected chi connectivity index (χ1v) is 13.1. The molecule has 192 valence electrons. The molecule has 4 rings (SSSR count). The molecule has 36 heavy (non-hydrogen) atoms. The van der Waals surface area contributed by atoms with Crippen LogP contribution in [0.25, 0.3) is 0 Å². The van der Waals surface area contributed by atoms with Gasteiger partial charge in [-0.3, -0.25) is 14.4 Å². The largest absolute Gasteiger partial charge is 0.497 e. The highest BCUT2D eigenvalue weighted by Crippen LogP contribution is 2.28. The number of amides is 3. The summed E-state index contributed by atoms with van der Waals surface area (Å²) < 4.78 is 5.15. The number of hydrogen-bond donors (Lipinski definition) is 2. The molecule has 0 spiro atoms. The maximum Gasteiger partial charge on any atom is 0.251 e. The van der Waals surface area contributed by atoms with Gasteiger partial charge in [0.1, 0.15) is 11.8 Å². The highest BCUT2D eigenvalue weighted by Gasteiger charge is 2.38. The third-order valence-electron chi connectivity index (χ3n) is 7.51. The number of ether oxygens (including phenoxy) is 1. The lowest BCUT2D eigenvalue weighted by Crippen LogP contribution is -2.51. The van der Waals surface area contributed by atoms with Crippen molar-refractivity contribution < 1.29 is 19.1 Å². The zero-order valence-electron chi connectivity index (χ0n) is 21.2. The van der Waals surface area contributed by atoms with Crippen LogP contribution in [0, 0.1) is 0 Å². The van der Waals surface area contributed by atoms with Crippen molar-refractivity contribution in [2.45, 2.75) is 75.9 Å². The van der Waals surface area contributed by atoms with E-state index in [0.717, 1.165) is 43.4 Å². The molecule has 2 aromatic carbocycles. The van der Waals surface area contributed by atoms with Crippen LogP contribution < -0.4 is 15.4 Å². The Hall–Kier alpha value is -3.35. The molecule has 7 nitrogen and oxygen atoms in total. The first-order valence-electron chi connectivity index (χ1n) is 13.1. The Morgan fingerprint density at radius 1 is 0.917 bits per heavy atom. The zero-order valence-corrected chi connectivity index (χ0v) is 21.2. The second-order valence-corrected chi connectivity index (χ2v) is 9.82. The molecule has 1 aliphatic carbocycles. The van der Waals surface area contributed by atoms with Crippen LogP contribution in [0.2, 0.25) is 0 Å². The highest BCUT2D eigenvalue weighted by molar-refractivity contribution is 5.94. The molecule has 0 unspecified atom stereocenters. The van der Waals surface area contributed by atoms with Crippen LogP contribution in [0.5, 0.6) is 5.75 Å². The lowest BCUT2D eigenvalue weighted by molar-refractivity contribution is -0.140. The van der Waals surface area contributed by atoms with E-state index in [1.165, 1.54) is 0 Å². The summed E-state index contributed by atoms with van der Waals surface area (Å²) in [5.74, 6) is 0.412. The third kappa shape index (κ3) is 6.07. The van der Waals surface area contributed by atoms with Gasteiger partial charge in [0, 0.05) is 24.2 Å². The van der Waals surface area contributed by atoms with Gasteiger partial charge in [-0.25, -0.2) is 0 Å². The molecule has 0 aromatic heterocycles. The Kier molecular flexibility index (Phi) is 8.62. The van der Waals surface area contributed by atoms with Crippen molar-refractivity contribution >= 4 is 17.7 Å². The lowest BCUT2D eigenvalue weighted by atomic mass is 9.90. The topological polar surface area (TPSA) is 87.7 Å². The lowest BCUT2D eigenvalue weighted by Gasteiger charge is -2.32. The molecule has 2 fully saturated rings. The quantitative estimate of drug-likeness (QED) is 0.584. The van der Waals surface area contributed by atoms with Crippen molar-refractivity contribution in [3.05, 3.63) is 65.7 Å². The smallest absolute Gasteiger partial charge is 0.251 e. The van der Waals surface area contributed by atoms with E-state index in [-0.39, 0.29) is 35.7 Å². The molecule has 2 aromatic rings. The fourth-order valence-corrected chi connectivity index (χ4v) is 5.43. The van der Waals surface area contributed by atoms with Crippen LogP contribution >= 0.6 is 0 Å². The first kappa shape index (κ1) is 25.7. The van der Waals surface area contributed by atoms with E-state index >= 15 is 0 Å². The molecule has 2 N–H and O–H groups in total. The molecule has 1 aliphatic heterocycles. The maximum absolute atomic E-state index is 13.4. The van der Waals surface area contributed by atoms with Crippen molar-refractivity contribution in [3.63, 3.8) is 0 Å². The molecule has 3 amide bonds. The SMILES string of the molecule is CC[C@@H](C(=O)N1CCC[C@H]1C(=O)NC1CCC(NC(=O)c2ccc(OC)cc2)CC1)c1ccccc1. The van der Waals surface area contributed by atoms with E-state index < -0.39 is 6.04 Å². The molecular formula is C29H37N3O4. The summed E-state index contributed by atoms with van der Waals surface area (Å²) in [4.78, 5) is 40.9. The Bertz CT molecular complexity index is 1030. The van der Waals surface area contributed by atoms with Gasteiger partial charge in [0.05, 0.1) is 13.0 Å². The fraction of sp³-hybridized carbons (Fsp3) is 0.483. The first-order chi connectivity index (χ1) is 17.5. The Morgan fingerprint density at radius 3 is 2.17 bits per heavy atom. The minimum absolute atomic E-state index is 0.0468. The number of carbonyl (C=O) groups is 3. The van der Waals surface area contributed by atoms with Gasteiger partial charge in [-0.15, -0.1) is 0 Å². The van der Waals surface area contributed by atoms with E-state index in [0.29, 0.717) is 24.9 Å². The number of benzene rings is 2. The minimum atomic E-state index is -0.400. The Labute approximate surface area is 213 Å². The molecule has 2 aliphatic rings. The third-order valence-corrected chi connectivity index (χ3v) is 7.51. The maximum atomic E-state index is 13.4. The van der Waals surface area contributed by atoms with Crippen LogP contribution in [0.1, 0.15) is 73.7 Å². The second kappa shape index (κ2) is 12.1. The van der Waals surface area contributed by atoms with E-state index in [4.69, 9.17) is 4.74 Å². The van der Waals surface area contributed by atoms with Crippen molar-refractivity contribution in [1.82, 2.24) is 15.5 Å². The highest BCUT2D eigenvalue weighted by atomic mass is 16.5. The average molecular weight is 492 g/mol. The van der Waals surface area contributed by atoms with Crippen molar-refractivity contribution in [1.29, 1.82) is 0 Å². The van der Waals surface area contributed by atoms with Crippen molar-refractivity contribution in [2.75, 3.05) is 13.7 Å². The molecule has 0 radical (unpaired) electrons. The molecule has 7 heteroatoms. The van der Waals surface area contributed by atoms with Crippen LogP contribution in [0.3, 0.4) is 0 Å². The standard InChI is InChI=1S/C29H37N3O4/c1-3-25(20-8-5-4-6-9-20)29(35)32-19-7-10-26(32)28(34)31-23-15-13-22(14-16-23)30-27(33)21-11-17-24(36-2)18-12-21/h4-6,8-9,11-12,17-18,22-23,25-26H,3,7,10,13-16,19H2,1-2H3,(H,30,33)(H,31,34)/t22?,23?,25-,26+/m1/s1. The van der Waals surface area contributed by atoms with Crippen LogP contribution in [-0.4, -0.2) is 54.4 Å². The minimum Gasteiger partial charge on any atom is -0.497 e. The Morgan fingerprint density at radius 2 is 1.56 bits per heavy atom. The summed E-state index contributed by atoms with van der Waals surface area (Å²) in [5, 5.41) is 6.31. The number of hydrogen-bond acceptors (Lipinski definition) is 4. The number of likely N-dealkylation sites (tertiary alicyclic amines) is 1. The predicted molar refractivity (Wildman–Crippen MR) is 139 cm³/mol. The van der Waals surface area contributed by atoms with Crippen molar-refractivity contribution in [2.24, 2.45) is 0 Å². The molecule has 0 bridgehead atoms. The van der Waals surface area contributed by atoms with Crippen LogP contribution in [0.15, 0.2) is 54.6 Å². The number of nitrogens with zero attached hydrogens (tertiary/aromatic N) is 1. The zero-order chi connectivity index (χ0) is 25.5. The van der Waals surface area contributed by atoms with Crippen LogP contribution in [-0.2, 0) is 9.59 Å². The van der Waals surface area contributed by atoms with Gasteiger partial charge in [0.15, 0.2) is 0 Å². The number of nitrogens with one attached hydrogen (secondary N) is 2. The van der Waals surface area contributed by atoms with E-state index in [1.807, 2.05) is 37.3 Å². The number of methoxy groups -OCH3 is 1. The number of rotatable bonds is 8. The average Bonchev–Trinajstić information content (AvgIpc) is 3.41. The molecule has 1 saturated carbocycles. The summed E-state index contributed by atoms with van der Waals surface area (Å²) in [5.41, 5.74) is 1.61. The van der Waals surface area contributed by atoms with E-state index in [1.54, 1.807) is 36.3 Å². The van der Waals surface area contributed by atoms with E-state index in [2.05, 4.69) is 10.6 Å². The monoisotopic (exact) mass is 491 g/mol. The molecule has 2 atom stereocenters. The van der Waals surface area contributed by atoms with Gasteiger partial charge in [-0.05, 0) is 74.8 Å². The van der Waals surface area contributed by atoms with Gasteiger partial charge in [-0.2, -0.15) is 0 Å². The number of carbonyl (C=O) groups excluding carboxylic acids is 3. The molecule has 1 saturated heterocycles. The van der Waals surface area contributed by atoms with Crippen LogP contribution in [0.4, 0.5) is 0 Å². The summed E-state index contributed by atoms with van der Waals surface area (Å²) in [7, 11) is 1.60. The Balaban J connectivity index is 1.27. The van der Waals surface area contributed by atoms with Gasteiger partial charge in [-0.1, -0.05) is 37.3 Å². The van der Waals surface area contributed by atoms with E-state index in [9.17, 15) is 14.4 Å². The summed E-state index contributed by atoms with van der Waals surface area (Å²) in [6.45, 7) is 2.65. The second-order valence-electron chi connectivity index (χ2n) is 9.82. The summed E-state index contributed by atoms with van der Waals surface area (Å²) >= 11 is 0. The summed E-state index contributed by atoms with van der Waals surface area (Å²) in [6.07, 6.45) is 5.50. The van der Waals surface area contributed by atoms with Gasteiger partial charge < -0.3 is 20.3 Å². The summed E-state index contributed by atoms with van der Waals surface area (Å²) in [6, 6.07) is 16.7. The van der Waals surface area contributed by atoms with Gasteiger partial charge >= 0.3 is 0 Å². The normalized spacial score (nSPS) is 22.5. The fourth-order valence-electron chi connectivity index (χ4n) is 5.43. The predicted octanol–water partition coefficient (Wildman–Crippen LogP) is 4.04.